The van der Waals surface area contributed by atoms with Gasteiger partial charge in [-0.3, -0.25) is 4.79 Å². The van der Waals surface area contributed by atoms with Crippen LogP contribution in [0.3, 0.4) is 0 Å². The van der Waals surface area contributed by atoms with Gasteiger partial charge in [-0.25, -0.2) is 4.98 Å². The van der Waals surface area contributed by atoms with Crippen LogP contribution in [-0.2, 0) is 11.3 Å². The maximum atomic E-state index is 11.2. The van der Waals surface area contributed by atoms with E-state index in [-0.39, 0.29) is 5.91 Å². The number of carbonyl (C=O) groups excluding carboxylic acids is 1. The molecular formula is C12H20N4O. The molecule has 1 aliphatic rings. The normalized spacial score (nSPS) is 17.4. The summed E-state index contributed by atoms with van der Waals surface area (Å²) in [6.07, 6.45) is 3.79. The van der Waals surface area contributed by atoms with E-state index in [1.807, 2.05) is 11.8 Å². The molecule has 0 atom stereocenters. The molecule has 0 saturated carbocycles. The van der Waals surface area contributed by atoms with Crippen LogP contribution in [0.4, 0.5) is 0 Å². The number of likely N-dealkylation sites (tertiary alicyclic amines) is 1. The molecule has 0 radical (unpaired) electrons. The standard InChI is InChI=1S/C12H20N4O/c1-9-12(15-8-14-9)7-13-11-3-5-16(6-4-11)10(2)17/h8,11,13H,3-7H2,1-2H3,(H,14,15). The highest BCUT2D eigenvalue weighted by Gasteiger charge is 2.20. The average Bonchev–Trinajstić information content (AvgIpc) is 2.73. The van der Waals surface area contributed by atoms with Crippen molar-refractivity contribution in [2.24, 2.45) is 0 Å². The second-order valence-electron chi connectivity index (χ2n) is 4.64. The molecule has 0 unspecified atom stereocenters. The van der Waals surface area contributed by atoms with Crippen molar-refractivity contribution in [2.75, 3.05) is 13.1 Å². The van der Waals surface area contributed by atoms with Gasteiger partial charge in [0, 0.05) is 38.3 Å². The van der Waals surface area contributed by atoms with E-state index >= 15 is 0 Å². The topological polar surface area (TPSA) is 61.0 Å². The number of imidazole rings is 1. The monoisotopic (exact) mass is 236 g/mol. The van der Waals surface area contributed by atoms with Crippen LogP contribution in [0.15, 0.2) is 6.33 Å². The Morgan fingerprint density at radius 1 is 1.59 bits per heavy atom. The van der Waals surface area contributed by atoms with Gasteiger partial charge in [0.2, 0.25) is 5.91 Å². The summed E-state index contributed by atoms with van der Waals surface area (Å²) in [5.74, 6) is 0.187. The van der Waals surface area contributed by atoms with Crippen molar-refractivity contribution >= 4 is 5.91 Å². The molecule has 2 heterocycles. The Morgan fingerprint density at radius 3 is 2.82 bits per heavy atom. The third-order valence-corrected chi connectivity index (χ3v) is 3.43. The lowest BCUT2D eigenvalue weighted by Gasteiger charge is -2.31. The summed E-state index contributed by atoms with van der Waals surface area (Å²) in [6.45, 7) is 6.21. The molecule has 2 rings (SSSR count). The summed E-state index contributed by atoms with van der Waals surface area (Å²) in [6, 6.07) is 0.502. The molecular weight excluding hydrogens is 216 g/mol. The predicted octanol–water partition coefficient (Wildman–Crippen LogP) is 0.819. The van der Waals surface area contributed by atoms with Crippen LogP contribution < -0.4 is 5.32 Å². The first kappa shape index (κ1) is 12.1. The van der Waals surface area contributed by atoms with E-state index < -0.39 is 0 Å². The number of amides is 1. The molecule has 5 heteroatoms. The largest absolute Gasteiger partial charge is 0.348 e. The molecule has 5 nitrogen and oxygen atoms in total. The number of hydrogen-bond donors (Lipinski definition) is 2. The molecule has 0 aromatic carbocycles. The number of carbonyl (C=O) groups is 1. The third kappa shape index (κ3) is 3.06. The van der Waals surface area contributed by atoms with Crippen LogP contribution in [0.25, 0.3) is 0 Å². The lowest BCUT2D eigenvalue weighted by atomic mass is 10.0. The highest BCUT2D eigenvalue weighted by Crippen LogP contribution is 2.11. The van der Waals surface area contributed by atoms with E-state index in [0.717, 1.165) is 43.9 Å². The van der Waals surface area contributed by atoms with E-state index in [2.05, 4.69) is 15.3 Å². The average molecular weight is 236 g/mol. The second kappa shape index (κ2) is 5.31. The molecule has 1 aromatic heterocycles. The Morgan fingerprint density at radius 2 is 2.29 bits per heavy atom. The fourth-order valence-corrected chi connectivity index (χ4v) is 2.20. The highest BCUT2D eigenvalue weighted by atomic mass is 16.2. The number of H-pyrrole nitrogens is 1. The zero-order chi connectivity index (χ0) is 12.3. The van der Waals surface area contributed by atoms with Gasteiger partial charge >= 0.3 is 0 Å². The molecule has 94 valence electrons. The summed E-state index contributed by atoms with van der Waals surface area (Å²) < 4.78 is 0. The molecule has 2 N–H and O–H groups in total. The van der Waals surface area contributed by atoms with E-state index in [1.165, 1.54) is 0 Å². The number of nitrogens with zero attached hydrogens (tertiary/aromatic N) is 2. The zero-order valence-electron chi connectivity index (χ0n) is 10.5. The van der Waals surface area contributed by atoms with Crippen LogP contribution in [0.5, 0.6) is 0 Å². The SMILES string of the molecule is CC(=O)N1CCC(NCc2nc[nH]c2C)CC1. The Kier molecular flexibility index (Phi) is 3.78. The Bertz CT molecular complexity index is 380. The van der Waals surface area contributed by atoms with Crippen molar-refractivity contribution in [1.29, 1.82) is 0 Å². The van der Waals surface area contributed by atoms with Crippen molar-refractivity contribution in [3.63, 3.8) is 0 Å². The Balaban J connectivity index is 1.75. The zero-order valence-corrected chi connectivity index (χ0v) is 10.5. The lowest BCUT2D eigenvalue weighted by Crippen LogP contribution is -2.44. The molecule has 1 aromatic rings. The number of hydrogen-bond acceptors (Lipinski definition) is 3. The summed E-state index contributed by atoms with van der Waals surface area (Å²) in [4.78, 5) is 20.4. The quantitative estimate of drug-likeness (QED) is 0.816. The van der Waals surface area contributed by atoms with Crippen molar-refractivity contribution < 1.29 is 4.79 Å². The van der Waals surface area contributed by atoms with Crippen molar-refractivity contribution in [3.05, 3.63) is 17.7 Å². The van der Waals surface area contributed by atoms with Crippen molar-refractivity contribution in [2.45, 2.75) is 39.3 Å². The van der Waals surface area contributed by atoms with Crippen LogP contribution in [0.1, 0.15) is 31.2 Å². The minimum atomic E-state index is 0.187. The fraction of sp³-hybridized carbons (Fsp3) is 0.667. The van der Waals surface area contributed by atoms with Gasteiger partial charge in [0.1, 0.15) is 0 Å². The van der Waals surface area contributed by atoms with Gasteiger partial charge in [-0.05, 0) is 19.8 Å². The summed E-state index contributed by atoms with van der Waals surface area (Å²) in [7, 11) is 0. The van der Waals surface area contributed by atoms with Gasteiger partial charge in [-0.1, -0.05) is 0 Å². The first-order valence-electron chi connectivity index (χ1n) is 6.14. The number of aromatic amines is 1. The molecule has 0 spiro atoms. The molecule has 0 bridgehead atoms. The molecule has 1 amide bonds. The summed E-state index contributed by atoms with van der Waals surface area (Å²) in [5.41, 5.74) is 2.21. The maximum Gasteiger partial charge on any atom is 0.219 e. The number of rotatable bonds is 3. The summed E-state index contributed by atoms with van der Waals surface area (Å²) >= 11 is 0. The van der Waals surface area contributed by atoms with Gasteiger partial charge in [-0.15, -0.1) is 0 Å². The van der Waals surface area contributed by atoms with Crippen LogP contribution in [-0.4, -0.2) is 39.9 Å². The molecule has 17 heavy (non-hydrogen) atoms. The molecule has 1 aliphatic heterocycles. The number of piperidine rings is 1. The Labute approximate surface area is 102 Å². The molecule has 1 saturated heterocycles. The first-order valence-corrected chi connectivity index (χ1v) is 6.14. The second-order valence-corrected chi connectivity index (χ2v) is 4.64. The number of nitrogens with one attached hydrogen (secondary N) is 2. The fourth-order valence-electron chi connectivity index (χ4n) is 2.20. The number of aromatic nitrogens is 2. The van der Waals surface area contributed by atoms with Gasteiger partial charge in [-0.2, -0.15) is 0 Å². The minimum Gasteiger partial charge on any atom is -0.348 e. The third-order valence-electron chi connectivity index (χ3n) is 3.43. The molecule has 1 fully saturated rings. The van der Waals surface area contributed by atoms with Crippen LogP contribution in [0, 0.1) is 6.92 Å². The molecule has 0 aliphatic carbocycles. The van der Waals surface area contributed by atoms with Gasteiger partial charge in [0.05, 0.1) is 12.0 Å². The smallest absolute Gasteiger partial charge is 0.219 e. The van der Waals surface area contributed by atoms with E-state index in [1.54, 1.807) is 13.3 Å². The van der Waals surface area contributed by atoms with E-state index in [0.29, 0.717) is 6.04 Å². The van der Waals surface area contributed by atoms with E-state index in [4.69, 9.17) is 0 Å². The van der Waals surface area contributed by atoms with Crippen molar-refractivity contribution in [1.82, 2.24) is 20.2 Å². The van der Waals surface area contributed by atoms with Gasteiger partial charge in [0.25, 0.3) is 0 Å². The first-order chi connectivity index (χ1) is 8.16. The predicted molar refractivity (Wildman–Crippen MR) is 65.4 cm³/mol. The minimum absolute atomic E-state index is 0.187. The van der Waals surface area contributed by atoms with Crippen molar-refractivity contribution in [3.8, 4) is 0 Å². The highest BCUT2D eigenvalue weighted by molar-refractivity contribution is 5.73. The summed E-state index contributed by atoms with van der Waals surface area (Å²) in [5, 5.41) is 3.50. The van der Waals surface area contributed by atoms with E-state index in [9.17, 15) is 4.79 Å². The maximum absolute atomic E-state index is 11.2. The van der Waals surface area contributed by atoms with Crippen LogP contribution >= 0.6 is 0 Å². The lowest BCUT2D eigenvalue weighted by molar-refractivity contribution is -0.129. The van der Waals surface area contributed by atoms with Gasteiger partial charge in [0.15, 0.2) is 0 Å². The number of aryl methyl sites for hydroxylation is 1. The van der Waals surface area contributed by atoms with Crippen LogP contribution in [0.2, 0.25) is 0 Å². The van der Waals surface area contributed by atoms with Gasteiger partial charge < -0.3 is 15.2 Å². The Hall–Kier alpha value is -1.36.